The first-order valence-electron chi connectivity index (χ1n) is 8.20. The van der Waals surface area contributed by atoms with Gasteiger partial charge in [-0.1, -0.05) is 36.7 Å². The van der Waals surface area contributed by atoms with Crippen molar-refractivity contribution < 1.29 is 0 Å². The van der Waals surface area contributed by atoms with Gasteiger partial charge < -0.3 is 5.73 Å². The Hall–Kier alpha value is -1.07. The second-order valence-corrected chi connectivity index (χ2v) is 7.14. The fourth-order valence-corrected chi connectivity index (χ4v) is 3.55. The number of benzene rings is 1. The average Bonchev–Trinajstić information content (AvgIpc) is 2.96. The molecule has 24 heavy (non-hydrogen) atoms. The van der Waals surface area contributed by atoms with E-state index in [1.54, 1.807) is 0 Å². The van der Waals surface area contributed by atoms with Crippen LogP contribution in [-0.4, -0.2) is 33.8 Å². The summed E-state index contributed by atoms with van der Waals surface area (Å²) in [6, 6.07) is 8.24. The topological polar surface area (TPSA) is 47.1 Å². The number of halogens is 2. The molecule has 0 spiro atoms. The molecule has 1 fully saturated rings. The van der Waals surface area contributed by atoms with Crippen LogP contribution in [0.15, 0.2) is 24.3 Å². The lowest BCUT2D eigenvalue weighted by Crippen LogP contribution is -2.28. The van der Waals surface area contributed by atoms with Crippen LogP contribution in [0.2, 0.25) is 5.02 Å². The predicted octanol–water partition coefficient (Wildman–Crippen LogP) is 3.40. The molecule has 2 N–H and O–H groups in total. The van der Waals surface area contributed by atoms with Crippen LogP contribution >= 0.6 is 24.0 Å². The number of hydrogen-bond donors (Lipinski definition) is 1. The normalized spacial score (nSPS) is 21.0. The third-order valence-electron chi connectivity index (χ3n) is 4.94. The largest absolute Gasteiger partial charge is 0.326 e. The zero-order valence-electron chi connectivity index (χ0n) is 14.5. The van der Waals surface area contributed by atoms with Crippen molar-refractivity contribution in [2.75, 3.05) is 13.1 Å². The summed E-state index contributed by atoms with van der Waals surface area (Å²) in [6.45, 7) is 10.1. The summed E-state index contributed by atoms with van der Waals surface area (Å²) in [5.74, 6) is 0.564. The van der Waals surface area contributed by atoms with E-state index in [-0.39, 0.29) is 18.4 Å². The van der Waals surface area contributed by atoms with Gasteiger partial charge in [-0.3, -0.25) is 9.58 Å². The van der Waals surface area contributed by atoms with Gasteiger partial charge in [0, 0.05) is 42.0 Å². The first-order valence-corrected chi connectivity index (χ1v) is 8.57. The minimum absolute atomic E-state index is 0. The molecule has 4 nitrogen and oxygen atoms in total. The highest BCUT2D eigenvalue weighted by Gasteiger charge is 2.27. The molecule has 0 aliphatic carbocycles. The third-order valence-corrected chi connectivity index (χ3v) is 5.31. The number of nitrogens with zero attached hydrogens (tertiary/aromatic N) is 3. The smallest absolute Gasteiger partial charge is 0.0677 e. The summed E-state index contributed by atoms with van der Waals surface area (Å²) in [5, 5.41) is 5.52. The van der Waals surface area contributed by atoms with E-state index in [1.807, 2.05) is 18.2 Å². The molecule has 0 bridgehead atoms. The molecular formula is C18H26Cl2N4. The molecule has 2 unspecified atom stereocenters. The number of aryl methyl sites for hydroxylation is 1. The first kappa shape index (κ1) is 19.3. The molecule has 1 aliphatic heterocycles. The molecule has 1 saturated heterocycles. The Bertz CT molecular complexity index is 688. The van der Waals surface area contributed by atoms with Crippen LogP contribution in [0.25, 0.3) is 0 Å². The van der Waals surface area contributed by atoms with Crippen LogP contribution in [0, 0.1) is 19.8 Å². The molecule has 1 aromatic carbocycles. The van der Waals surface area contributed by atoms with Crippen LogP contribution in [0.1, 0.15) is 29.4 Å². The summed E-state index contributed by atoms with van der Waals surface area (Å²) in [4.78, 5) is 2.44. The average molecular weight is 369 g/mol. The molecule has 0 radical (unpaired) electrons. The molecule has 3 rings (SSSR count). The van der Waals surface area contributed by atoms with E-state index in [0.717, 1.165) is 35.9 Å². The van der Waals surface area contributed by atoms with Gasteiger partial charge in [-0.2, -0.15) is 5.10 Å². The molecular weight excluding hydrogens is 343 g/mol. The maximum atomic E-state index is 6.28. The van der Waals surface area contributed by atoms with E-state index in [4.69, 9.17) is 22.4 Å². The standard InChI is InChI=1S/C18H25ClN4.ClH/c1-12-8-22(11-18(12)20)10-16-13(2)21-23(14(16)3)9-15-6-4-5-7-17(15)19;/h4-7,12,18H,8-11,20H2,1-3H3;1H. The Morgan fingerprint density at radius 1 is 1.21 bits per heavy atom. The number of nitrogens with two attached hydrogens (primary N) is 1. The number of hydrogen-bond acceptors (Lipinski definition) is 3. The molecule has 132 valence electrons. The zero-order valence-corrected chi connectivity index (χ0v) is 16.1. The van der Waals surface area contributed by atoms with Crippen LogP contribution in [0.5, 0.6) is 0 Å². The molecule has 1 aliphatic rings. The first-order chi connectivity index (χ1) is 11.0. The summed E-state index contributed by atoms with van der Waals surface area (Å²) in [7, 11) is 0. The van der Waals surface area contributed by atoms with Crippen molar-refractivity contribution in [2.24, 2.45) is 11.7 Å². The van der Waals surface area contributed by atoms with E-state index < -0.39 is 0 Å². The molecule has 2 heterocycles. The highest BCUT2D eigenvalue weighted by atomic mass is 35.5. The second kappa shape index (κ2) is 7.87. The van der Waals surface area contributed by atoms with Gasteiger partial charge in [0.05, 0.1) is 12.2 Å². The lowest BCUT2D eigenvalue weighted by atomic mass is 10.1. The fourth-order valence-electron chi connectivity index (χ4n) is 3.35. The van der Waals surface area contributed by atoms with E-state index >= 15 is 0 Å². The van der Waals surface area contributed by atoms with Crippen molar-refractivity contribution >= 4 is 24.0 Å². The number of rotatable bonds is 4. The second-order valence-electron chi connectivity index (χ2n) is 6.73. The van der Waals surface area contributed by atoms with Crippen LogP contribution in [0.3, 0.4) is 0 Å². The van der Waals surface area contributed by atoms with Crippen molar-refractivity contribution in [3.05, 3.63) is 51.8 Å². The SMILES string of the molecule is Cc1nn(Cc2ccccc2Cl)c(C)c1CN1CC(C)C(N)C1.Cl. The Labute approximate surface area is 155 Å². The quantitative estimate of drug-likeness (QED) is 0.899. The third kappa shape index (κ3) is 3.94. The van der Waals surface area contributed by atoms with E-state index in [9.17, 15) is 0 Å². The summed E-state index contributed by atoms with van der Waals surface area (Å²) in [6.07, 6.45) is 0. The van der Waals surface area contributed by atoms with Gasteiger partial charge in [-0.25, -0.2) is 0 Å². The Balaban J connectivity index is 0.00000208. The van der Waals surface area contributed by atoms with Crippen molar-refractivity contribution in [3.63, 3.8) is 0 Å². The molecule has 1 aromatic heterocycles. The van der Waals surface area contributed by atoms with Gasteiger partial charge in [0.2, 0.25) is 0 Å². The van der Waals surface area contributed by atoms with Gasteiger partial charge in [0.1, 0.15) is 0 Å². The zero-order chi connectivity index (χ0) is 16.6. The van der Waals surface area contributed by atoms with Crippen LogP contribution < -0.4 is 5.73 Å². The van der Waals surface area contributed by atoms with Gasteiger partial charge >= 0.3 is 0 Å². The van der Waals surface area contributed by atoms with E-state index in [2.05, 4.69) is 36.4 Å². The van der Waals surface area contributed by atoms with E-state index in [1.165, 1.54) is 11.3 Å². The molecule has 6 heteroatoms. The van der Waals surface area contributed by atoms with Gasteiger partial charge in [0.25, 0.3) is 0 Å². The molecule has 2 atom stereocenters. The number of likely N-dealkylation sites (tertiary alicyclic amines) is 1. The van der Waals surface area contributed by atoms with Gasteiger partial charge in [-0.15, -0.1) is 12.4 Å². The van der Waals surface area contributed by atoms with Gasteiger partial charge in [-0.05, 0) is 31.4 Å². The summed E-state index contributed by atoms with van der Waals surface area (Å²) in [5.41, 5.74) is 10.9. The molecule has 2 aromatic rings. The molecule has 0 amide bonds. The van der Waals surface area contributed by atoms with Crippen molar-refractivity contribution in [1.82, 2.24) is 14.7 Å². The lowest BCUT2D eigenvalue weighted by Gasteiger charge is -2.15. The maximum absolute atomic E-state index is 6.28. The Kier molecular flexibility index (Phi) is 6.32. The fraction of sp³-hybridized carbons (Fsp3) is 0.500. The van der Waals surface area contributed by atoms with Gasteiger partial charge in [0.15, 0.2) is 0 Å². The van der Waals surface area contributed by atoms with Crippen molar-refractivity contribution in [1.29, 1.82) is 0 Å². The maximum Gasteiger partial charge on any atom is 0.0677 e. The van der Waals surface area contributed by atoms with Crippen molar-refractivity contribution in [2.45, 2.75) is 39.9 Å². The number of aromatic nitrogens is 2. The minimum Gasteiger partial charge on any atom is -0.326 e. The predicted molar refractivity (Wildman–Crippen MR) is 102 cm³/mol. The monoisotopic (exact) mass is 368 g/mol. The van der Waals surface area contributed by atoms with Crippen molar-refractivity contribution in [3.8, 4) is 0 Å². The highest BCUT2D eigenvalue weighted by Crippen LogP contribution is 2.23. The Morgan fingerprint density at radius 2 is 1.92 bits per heavy atom. The minimum atomic E-state index is 0. The Morgan fingerprint density at radius 3 is 2.54 bits per heavy atom. The van der Waals surface area contributed by atoms with Crippen LogP contribution in [0.4, 0.5) is 0 Å². The van der Waals surface area contributed by atoms with E-state index in [0.29, 0.717) is 12.5 Å². The summed E-state index contributed by atoms with van der Waals surface area (Å²) < 4.78 is 2.06. The molecule has 0 saturated carbocycles. The highest BCUT2D eigenvalue weighted by molar-refractivity contribution is 6.31. The summed E-state index contributed by atoms with van der Waals surface area (Å²) >= 11 is 6.28. The van der Waals surface area contributed by atoms with Crippen LogP contribution in [-0.2, 0) is 13.1 Å². The lowest BCUT2D eigenvalue weighted by molar-refractivity contribution is 0.317.